The lowest BCUT2D eigenvalue weighted by Crippen LogP contribution is -2.40. The number of hydrogen-bond acceptors (Lipinski definition) is 5. The lowest BCUT2D eigenvalue weighted by Gasteiger charge is -2.09. The molecule has 16 heavy (non-hydrogen) atoms. The number of nitrogen functional groups attached to an aromatic ring is 1. The van der Waals surface area contributed by atoms with Crippen LogP contribution < -0.4 is 17.0 Å². The van der Waals surface area contributed by atoms with Gasteiger partial charge in [-0.15, -0.1) is 4.91 Å². The molecule has 0 amide bonds. The zero-order valence-electron chi connectivity index (χ0n) is 8.84. The van der Waals surface area contributed by atoms with Gasteiger partial charge < -0.3 is 5.73 Å². The topological polar surface area (TPSA) is 99.4 Å². The summed E-state index contributed by atoms with van der Waals surface area (Å²) in [6, 6.07) is 0. The van der Waals surface area contributed by atoms with Crippen LogP contribution >= 0.6 is 0 Å². The molecular weight excluding hydrogens is 212 g/mol. The van der Waals surface area contributed by atoms with E-state index in [0.717, 1.165) is 22.0 Å². The van der Waals surface area contributed by atoms with Crippen molar-refractivity contribution in [2.45, 2.75) is 19.4 Å². The SMILES string of the molecule is Cn1c(N)c(N=O)c(=O)n(CC2CC2)c1=O. The van der Waals surface area contributed by atoms with Crippen LogP contribution in [0.4, 0.5) is 11.5 Å². The van der Waals surface area contributed by atoms with E-state index in [1.54, 1.807) is 0 Å². The summed E-state index contributed by atoms with van der Waals surface area (Å²) < 4.78 is 2.10. The summed E-state index contributed by atoms with van der Waals surface area (Å²) in [6.45, 7) is 0.342. The highest BCUT2D eigenvalue weighted by atomic mass is 16.3. The molecule has 0 unspecified atom stereocenters. The van der Waals surface area contributed by atoms with Crippen molar-refractivity contribution in [3.8, 4) is 0 Å². The van der Waals surface area contributed by atoms with Gasteiger partial charge in [0, 0.05) is 13.6 Å². The highest BCUT2D eigenvalue weighted by Gasteiger charge is 2.25. The first-order valence-electron chi connectivity index (χ1n) is 4.99. The Morgan fingerprint density at radius 1 is 1.44 bits per heavy atom. The Hall–Kier alpha value is -1.92. The zero-order chi connectivity index (χ0) is 11.9. The van der Waals surface area contributed by atoms with Crippen molar-refractivity contribution >= 4 is 11.5 Å². The fraction of sp³-hybridized carbons (Fsp3) is 0.556. The number of nitrogens with two attached hydrogens (primary N) is 1. The standard InChI is InChI=1S/C9H12N4O3/c1-12-7(10)6(11-16)8(14)13(9(12)15)4-5-2-3-5/h5H,2-4,10H2,1H3. The maximum absolute atomic E-state index is 11.7. The second-order valence-corrected chi connectivity index (χ2v) is 4.03. The Bertz CT molecular complexity index is 553. The van der Waals surface area contributed by atoms with Gasteiger partial charge in [-0.25, -0.2) is 4.79 Å². The van der Waals surface area contributed by atoms with Crippen LogP contribution in [0.5, 0.6) is 0 Å². The maximum atomic E-state index is 11.7. The molecule has 1 saturated carbocycles. The molecule has 0 aliphatic heterocycles. The molecule has 86 valence electrons. The van der Waals surface area contributed by atoms with Crippen LogP contribution in [-0.2, 0) is 13.6 Å². The predicted octanol–water partition coefficient (Wildman–Crippen LogP) is -0.0629. The van der Waals surface area contributed by atoms with E-state index in [4.69, 9.17) is 5.73 Å². The van der Waals surface area contributed by atoms with E-state index < -0.39 is 11.2 Å². The fourth-order valence-corrected chi connectivity index (χ4v) is 1.57. The summed E-state index contributed by atoms with van der Waals surface area (Å²) >= 11 is 0. The number of hydrogen-bond donors (Lipinski definition) is 1. The van der Waals surface area contributed by atoms with E-state index in [9.17, 15) is 14.5 Å². The van der Waals surface area contributed by atoms with Crippen LogP contribution in [-0.4, -0.2) is 9.13 Å². The Labute approximate surface area is 90.5 Å². The van der Waals surface area contributed by atoms with Gasteiger partial charge in [-0.3, -0.25) is 13.9 Å². The number of aromatic nitrogens is 2. The van der Waals surface area contributed by atoms with E-state index in [-0.39, 0.29) is 11.5 Å². The van der Waals surface area contributed by atoms with Crippen molar-refractivity contribution in [3.63, 3.8) is 0 Å². The summed E-state index contributed by atoms with van der Waals surface area (Å²) in [7, 11) is 1.41. The van der Waals surface area contributed by atoms with E-state index in [2.05, 4.69) is 5.18 Å². The minimum atomic E-state index is -0.692. The van der Waals surface area contributed by atoms with Crippen LogP contribution in [0.25, 0.3) is 0 Å². The van der Waals surface area contributed by atoms with Crippen molar-refractivity contribution in [1.82, 2.24) is 9.13 Å². The molecule has 1 heterocycles. The largest absolute Gasteiger partial charge is 0.383 e. The van der Waals surface area contributed by atoms with Crippen LogP contribution in [0.2, 0.25) is 0 Å². The molecular formula is C9H12N4O3. The van der Waals surface area contributed by atoms with E-state index in [1.807, 2.05) is 0 Å². The van der Waals surface area contributed by atoms with Crippen molar-refractivity contribution in [3.05, 3.63) is 25.7 Å². The van der Waals surface area contributed by atoms with Gasteiger partial charge in [-0.2, -0.15) is 0 Å². The highest BCUT2D eigenvalue weighted by molar-refractivity contribution is 5.55. The lowest BCUT2D eigenvalue weighted by molar-refractivity contribution is 0.553. The summed E-state index contributed by atoms with van der Waals surface area (Å²) in [5, 5.41) is 2.59. The summed E-state index contributed by atoms with van der Waals surface area (Å²) in [5.74, 6) is 0.172. The molecule has 0 aromatic carbocycles. The summed E-state index contributed by atoms with van der Waals surface area (Å²) in [6.07, 6.45) is 2.01. The maximum Gasteiger partial charge on any atom is 0.332 e. The van der Waals surface area contributed by atoms with E-state index in [1.165, 1.54) is 7.05 Å². The third-order valence-corrected chi connectivity index (χ3v) is 2.80. The first-order chi connectivity index (χ1) is 7.56. The van der Waals surface area contributed by atoms with Gasteiger partial charge in [0.25, 0.3) is 5.56 Å². The third kappa shape index (κ3) is 1.54. The molecule has 0 atom stereocenters. The monoisotopic (exact) mass is 224 g/mol. The average molecular weight is 224 g/mol. The first kappa shape index (κ1) is 10.6. The van der Waals surface area contributed by atoms with Crippen LogP contribution in [0.1, 0.15) is 12.8 Å². The van der Waals surface area contributed by atoms with Gasteiger partial charge in [0.05, 0.1) is 0 Å². The molecule has 2 N–H and O–H groups in total. The van der Waals surface area contributed by atoms with Gasteiger partial charge >= 0.3 is 5.69 Å². The van der Waals surface area contributed by atoms with Gasteiger partial charge in [-0.1, -0.05) is 0 Å². The van der Waals surface area contributed by atoms with Crippen LogP contribution in [0, 0.1) is 10.8 Å². The van der Waals surface area contributed by atoms with Gasteiger partial charge in [0.1, 0.15) is 5.82 Å². The van der Waals surface area contributed by atoms with Gasteiger partial charge in [-0.05, 0) is 23.9 Å². The van der Waals surface area contributed by atoms with Crippen molar-refractivity contribution in [2.75, 3.05) is 5.73 Å². The van der Waals surface area contributed by atoms with Crippen molar-refractivity contribution < 1.29 is 0 Å². The molecule has 0 saturated heterocycles. The summed E-state index contributed by atoms with van der Waals surface area (Å²) in [5.41, 5.74) is 3.89. The Balaban J connectivity index is 2.67. The van der Waals surface area contributed by atoms with Crippen LogP contribution in [0.3, 0.4) is 0 Å². The highest BCUT2D eigenvalue weighted by Crippen LogP contribution is 2.29. The minimum absolute atomic E-state index is 0.183. The Morgan fingerprint density at radius 2 is 2.06 bits per heavy atom. The number of nitrogens with zero attached hydrogens (tertiary/aromatic N) is 3. The minimum Gasteiger partial charge on any atom is -0.383 e. The third-order valence-electron chi connectivity index (χ3n) is 2.80. The molecule has 2 rings (SSSR count). The molecule has 1 fully saturated rings. The molecule has 1 aliphatic carbocycles. The fourth-order valence-electron chi connectivity index (χ4n) is 1.57. The van der Waals surface area contributed by atoms with E-state index in [0.29, 0.717) is 12.5 Å². The second-order valence-electron chi connectivity index (χ2n) is 4.03. The van der Waals surface area contributed by atoms with Crippen LogP contribution in [0.15, 0.2) is 14.8 Å². The Kier molecular flexibility index (Phi) is 2.37. The zero-order valence-corrected chi connectivity index (χ0v) is 8.84. The average Bonchev–Trinajstić information content (AvgIpc) is 3.06. The molecule has 0 spiro atoms. The second kappa shape index (κ2) is 3.58. The molecule has 0 radical (unpaired) electrons. The van der Waals surface area contributed by atoms with E-state index >= 15 is 0 Å². The van der Waals surface area contributed by atoms with Crippen molar-refractivity contribution in [2.24, 2.45) is 18.1 Å². The molecule has 7 nitrogen and oxygen atoms in total. The lowest BCUT2D eigenvalue weighted by atomic mass is 10.4. The van der Waals surface area contributed by atoms with Gasteiger partial charge in [0.15, 0.2) is 0 Å². The predicted molar refractivity (Wildman–Crippen MR) is 58.5 cm³/mol. The quantitative estimate of drug-likeness (QED) is 0.726. The molecule has 0 bridgehead atoms. The Morgan fingerprint density at radius 3 is 2.56 bits per heavy atom. The molecule has 1 aliphatic rings. The van der Waals surface area contributed by atoms with Crippen molar-refractivity contribution in [1.29, 1.82) is 0 Å². The normalized spacial score (nSPS) is 15.1. The first-order valence-corrected chi connectivity index (χ1v) is 4.99. The summed E-state index contributed by atoms with van der Waals surface area (Å²) in [4.78, 5) is 34.0. The smallest absolute Gasteiger partial charge is 0.332 e. The number of rotatable bonds is 3. The molecule has 7 heteroatoms. The number of nitroso groups, excluding NO2 is 1. The molecule has 1 aromatic heterocycles. The van der Waals surface area contributed by atoms with Gasteiger partial charge in [0.2, 0.25) is 5.69 Å². The molecule has 1 aromatic rings. The number of anilines is 1.